The average molecular weight is 210 g/mol. The first-order valence-corrected chi connectivity index (χ1v) is 4.23. The smallest absolute Gasteiger partial charge is 0.328 e. The van der Waals surface area contributed by atoms with E-state index in [0.29, 0.717) is 0 Å². The van der Waals surface area contributed by atoms with Crippen LogP contribution in [0.1, 0.15) is 6.92 Å². The lowest BCUT2D eigenvalue weighted by atomic mass is 10.3. The molecule has 6 heteroatoms. The Kier molecular flexibility index (Phi) is 3.35. The van der Waals surface area contributed by atoms with Crippen LogP contribution < -0.4 is 10.5 Å². The molecule has 0 saturated heterocycles. The van der Waals surface area contributed by atoms with Gasteiger partial charge in [0.15, 0.2) is 0 Å². The zero-order valence-corrected chi connectivity index (χ0v) is 8.04. The molecule has 0 bridgehead atoms. The number of nitro groups is 1. The Morgan fingerprint density at radius 3 is 2.67 bits per heavy atom. The molecule has 0 spiro atoms. The number of carbonyl (C=O) groups excluding carboxylic acids is 1. The van der Waals surface area contributed by atoms with Crippen LogP contribution in [0.4, 0.5) is 5.69 Å². The van der Waals surface area contributed by atoms with Crippen LogP contribution in [0.3, 0.4) is 0 Å². The molecular weight excluding hydrogens is 200 g/mol. The molecule has 1 aromatic carbocycles. The fourth-order valence-electron chi connectivity index (χ4n) is 0.896. The van der Waals surface area contributed by atoms with Crippen LogP contribution in [-0.2, 0) is 4.79 Å². The minimum Gasteiger partial charge on any atom is -0.418 e. The van der Waals surface area contributed by atoms with Gasteiger partial charge in [-0.3, -0.25) is 10.1 Å². The number of hydrogen-bond donors (Lipinski definition) is 1. The third kappa shape index (κ3) is 2.75. The number of ether oxygens (including phenoxy) is 1. The average Bonchev–Trinajstić information content (AvgIpc) is 2.18. The van der Waals surface area contributed by atoms with Crippen molar-refractivity contribution in [2.75, 3.05) is 0 Å². The number of hydrogen-bond acceptors (Lipinski definition) is 5. The highest BCUT2D eigenvalue weighted by Gasteiger charge is 2.18. The summed E-state index contributed by atoms with van der Waals surface area (Å²) < 4.78 is 4.76. The Morgan fingerprint density at radius 1 is 1.53 bits per heavy atom. The summed E-state index contributed by atoms with van der Waals surface area (Å²) in [5, 5.41) is 10.6. The largest absolute Gasteiger partial charge is 0.418 e. The predicted molar refractivity (Wildman–Crippen MR) is 52.4 cm³/mol. The van der Waals surface area contributed by atoms with E-state index in [1.165, 1.54) is 31.2 Å². The van der Waals surface area contributed by atoms with Crippen molar-refractivity contribution in [3.05, 3.63) is 34.4 Å². The van der Waals surface area contributed by atoms with Gasteiger partial charge in [0.1, 0.15) is 6.04 Å². The molecule has 1 rings (SSSR count). The van der Waals surface area contributed by atoms with Crippen LogP contribution in [0.5, 0.6) is 5.75 Å². The molecule has 0 heterocycles. The van der Waals surface area contributed by atoms with Crippen molar-refractivity contribution in [1.29, 1.82) is 0 Å². The number of nitrogens with zero attached hydrogens (tertiary/aromatic N) is 1. The first-order valence-electron chi connectivity index (χ1n) is 4.23. The zero-order valence-electron chi connectivity index (χ0n) is 8.04. The van der Waals surface area contributed by atoms with E-state index in [1.54, 1.807) is 0 Å². The van der Waals surface area contributed by atoms with E-state index in [4.69, 9.17) is 10.5 Å². The molecule has 1 aromatic rings. The normalized spacial score (nSPS) is 11.9. The number of esters is 1. The van der Waals surface area contributed by atoms with Crippen LogP contribution in [0, 0.1) is 10.1 Å². The maximum absolute atomic E-state index is 11.1. The molecule has 0 amide bonds. The Morgan fingerprint density at radius 2 is 2.13 bits per heavy atom. The van der Waals surface area contributed by atoms with Gasteiger partial charge in [0.25, 0.3) is 0 Å². The second kappa shape index (κ2) is 4.52. The highest BCUT2D eigenvalue weighted by atomic mass is 16.6. The van der Waals surface area contributed by atoms with Crippen molar-refractivity contribution in [3.63, 3.8) is 0 Å². The van der Waals surface area contributed by atoms with E-state index in [-0.39, 0.29) is 11.4 Å². The molecule has 0 saturated carbocycles. The Bertz CT molecular complexity index is 389. The minimum absolute atomic E-state index is 0.0928. The van der Waals surface area contributed by atoms with Gasteiger partial charge in [-0.1, -0.05) is 12.1 Å². The lowest BCUT2D eigenvalue weighted by Crippen LogP contribution is -2.31. The number of carbonyl (C=O) groups is 1. The molecule has 80 valence electrons. The summed E-state index contributed by atoms with van der Waals surface area (Å²) in [4.78, 5) is 21.1. The number of rotatable bonds is 3. The van der Waals surface area contributed by atoms with Crippen molar-refractivity contribution in [3.8, 4) is 5.75 Å². The van der Waals surface area contributed by atoms with Crippen molar-refractivity contribution >= 4 is 11.7 Å². The standard InChI is InChI=1S/C9H10N2O4/c1-6(10)9(12)15-8-5-3-2-4-7(8)11(13)14/h2-6H,10H2,1H3/t6-/m0/s1. The number of benzene rings is 1. The molecular formula is C9H10N2O4. The molecule has 0 aliphatic rings. The summed E-state index contributed by atoms with van der Waals surface area (Å²) in [5.74, 6) is -0.797. The molecule has 0 aliphatic heterocycles. The summed E-state index contributed by atoms with van der Waals surface area (Å²) in [6.45, 7) is 1.44. The van der Waals surface area contributed by atoms with Crippen LogP contribution in [-0.4, -0.2) is 16.9 Å². The second-order valence-electron chi connectivity index (χ2n) is 2.93. The van der Waals surface area contributed by atoms with Gasteiger partial charge in [-0.15, -0.1) is 0 Å². The monoisotopic (exact) mass is 210 g/mol. The Labute approximate surface area is 85.8 Å². The summed E-state index contributed by atoms with van der Waals surface area (Å²) in [6.07, 6.45) is 0. The maximum Gasteiger partial charge on any atom is 0.328 e. The zero-order chi connectivity index (χ0) is 11.4. The van der Waals surface area contributed by atoms with E-state index in [9.17, 15) is 14.9 Å². The van der Waals surface area contributed by atoms with Crippen molar-refractivity contribution < 1.29 is 14.5 Å². The fraction of sp³-hybridized carbons (Fsp3) is 0.222. The molecule has 0 fully saturated rings. The second-order valence-corrected chi connectivity index (χ2v) is 2.93. The van der Waals surface area contributed by atoms with Gasteiger partial charge in [-0.25, -0.2) is 4.79 Å². The fourth-order valence-corrected chi connectivity index (χ4v) is 0.896. The van der Waals surface area contributed by atoms with Crippen LogP contribution >= 0.6 is 0 Å². The van der Waals surface area contributed by atoms with Crippen molar-refractivity contribution in [1.82, 2.24) is 0 Å². The molecule has 2 N–H and O–H groups in total. The van der Waals surface area contributed by atoms with E-state index in [2.05, 4.69) is 0 Å². The lowest BCUT2D eigenvalue weighted by Gasteiger charge is -2.06. The first-order chi connectivity index (χ1) is 7.02. The van der Waals surface area contributed by atoms with Gasteiger partial charge in [0.2, 0.25) is 5.75 Å². The van der Waals surface area contributed by atoms with Gasteiger partial charge in [0, 0.05) is 6.07 Å². The summed E-state index contributed by atoms with van der Waals surface area (Å²) in [7, 11) is 0. The number of para-hydroxylation sites is 2. The van der Waals surface area contributed by atoms with Crippen LogP contribution in [0.2, 0.25) is 0 Å². The van der Waals surface area contributed by atoms with E-state index in [0.717, 1.165) is 0 Å². The van der Waals surface area contributed by atoms with Gasteiger partial charge in [0.05, 0.1) is 4.92 Å². The third-order valence-corrected chi connectivity index (χ3v) is 1.64. The molecule has 15 heavy (non-hydrogen) atoms. The minimum atomic E-state index is -0.815. The SMILES string of the molecule is C[C@H](N)C(=O)Oc1ccccc1[N+](=O)[O-]. The Hall–Kier alpha value is -1.95. The molecule has 0 aliphatic carbocycles. The van der Waals surface area contributed by atoms with Gasteiger partial charge >= 0.3 is 11.7 Å². The number of nitrogens with two attached hydrogens (primary N) is 1. The summed E-state index contributed by atoms with van der Waals surface area (Å²) in [5.41, 5.74) is 5.01. The van der Waals surface area contributed by atoms with Crippen molar-refractivity contribution in [2.45, 2.75) is 13.0 Å². The van der Waals surface area contributed by atoms with Gasteiger partial charge < -0.3 is 10.5 Å². The van der Waals surface area contributed by atoms with E-state index >= 15 is 0 Å². The molecule has 0 unspecified atom stereocenters. The van der Waals surface area contributed by atoms with Gasteiger partial charge in [-0.2, -0.15) is 0 Å². The molecule has 1 atom stereocenters. The van der Waals surface area contributed by atoms with Crippen LogP contribution in [0.25, 0.3) is 0 Å². The summed E-state index contributed by atoms with van der Waals surface area (Å²) in [6, 6.07) is 4.81. The first kappa shape index (κ1) is 11.1. The number of nitro benzene ring substituents is 1. The molecule has 6 nitrogen and oxygen atoms in total. The topological polar surface area (TPSA) is 95.5 Å². The van der Waals surface area contributed by atoms with E-state index in [1.807, 2.05) is 0 Å². The molecule has 0 aromatic heterocycles. The highest BCUT2D eigenvalue weighted by Crippen LogP contribution is 2.25. The molecule has 0 radical (unpaired) electrons. The van der Waals surface area contributed by atoms with Gasteiger partial charge in [-0.05, 0) is 13.0 Å². The quantitative estimate of drug-likeness (QED) is 0.345. The van der Waals surface area contributed by atoms with Crippen molar-refractivity contribution in [2.24, 2.45) is 5.73 Å². The van der Waals surface area contributed by atoms with E-state index < -0.39 is 16.9 Å². The third-order valence-electron chi connectivity index (χ3n) is 1.64. The Balaban J connectivity index is 2.94. The summed E-state index contributed by atoms with van der Waals surface area (Å²) >= 11 is 0. The maximum atomic E-state index is 11.1. The van der Waals surface area contributed by atoms with Crippen LogP contribution in [0.15, 0.2) is 24.3 Å². The highest BCUT2D eigenvalue weighted by molar-refractivity contribution is 5.78. The lowest BCUT2D eigenvalue weighted by molar-refractivity contribution is -0.385. The predicted octanol–water partition coefficient (Wildman–Crippen LogP) is 0.847.